The maximum absolute atomic E-state index is 12.3. The third-order valence-corrected chi connectivity index (χ3v) is 6.75. The summed E-state index contributed by atoms with van der Waals surface area (Å²) in [6, 6.07) is 12.1. The third-order valence-electron chi connectivity index (χ3n) is 6.75. The van der Waals surface area contributed by atoms with Crippen molar-refractivity contribution in [3.63, 3.8) is 0 Å². The molecule has 1 aliphatic rings. The van der Waals surface area contributed by atoms with Crippen molar-refractivity contribution in [1.82, 2.24) is 4.90 Å². The van der Waals surface area contributed by atoms with Crippen molar-refractivity contribution < 1.29 is 23.7 Å². The number of aryl methyl sites for hydroxylation is 1. The van der Waals surface area contributed by atoms with E-state index in [1.807, 2.05) is 0 Å². The van der Waals surface area contributed by atoms with Gasteiger partial charge >= 0.3 is 5.97 Å². The molecule has 0 fully saturated rings. The highest BCUT2D eigenvalue weighted by atomic mass is 16.5. The van der Waals surface area contributed by atoms with Crippen LogP contribution in [-0.4, -0.2) is 57.9 Å². The normalized spacial score (nSPS) is 15.0. The van der Waals surface area contributed by atoms with Crippen LogP contribution in [0.4, 0.5) is 0 Å². The number of benzene rings is 2. The molecule has 2 aromatic rings. The fourth-order valence-corrected chi connectivity index (χ4v) is 4.82. The Labute approximate surface area is 204 Å². The fraction of sp³-hybridized carbons (Fsp3) is 0.536. The van der Waals surface area contributed by atoms with E-state index in [4.69, 9.17) is 18.9 Å². The minimum absolute atomic E-state index is 0.328. The molecule has 0 heterocycles. The van der Waals surface area contributed by atoms with Gasteiger partial charge in [-0.1, -0.05) is 31.9 Å². The monoisotopic (exact) mass is 469 g/mol. The summed E-state index contributed by atoms with van der Waals surface area (Å²) in [5, 5.41) is 0. The first-order valence-corrected chi connectivity index (χ1v) is 12.4. The number of methoxy groups -OCH3 is 3. The Balaban J connectivity index is 1.35. The zero-order chi connectivity index (χ0) is 24.3. The van der Waals surface area contributed by atoms with Crippen LogP contribution in [0.3, 0.4) is 0 Å². The predicted octanol–water partition coefficient (Wildman–Crippen LogP) is 5.31. The summed E-state index contributed by atoms with van der Waals surface area (Å²) >= 11 is 0. The average Bonchev–Trinajstić information content (AvgIpc) is 2.89. The first-order chi connectivity index (χ1) is 16.6. The van der Waals surface area contributed by atoms with Crippen molar-refractivity contribution in [3.8, 4) is 17.2 Å². The van der Waals surface area contributed by atoms with Crippen LogP contribution in [0.15, 0.2) is 36.4 Å². The van der Waals surface area contributed by atoms with Crippen molar-refractivity contribution in [2.75, 3.05) is 41.0 Å². The van der Waals surface area contributed by atoms with Crippen LogP contribution in [0.25, 0.3) is 0 Å². The minimum atomic E-state index is -0.328. The van der Waals surface area contributed by atoms with Crippen LogP contribution in [-0.2, 0) is 17.6 Å². The standard InChI is InChI=1S/C28H39NO5/c1-5-29(23-15-13-21-11-10-12-25(31-2)24(21)20-23)17-8-6-7-9-18-34-28(30)22-14-16-26(32-3)27(19-22)33-4/h10-12,14,16,19,23H,5-9,13,15,17-18,20H2,1-4H3. The molecule has 6 heteroatoms. The molecule has 186 valence electrons. The maximum Gasteiger partial charge on any atom is 0.338 e. The van der Waals surface area contributed by atoms with Crippen LogP contribution < -0.4 is 14.2 Å². The zero-order valence-electron chi connectivity index (χ0n) is 21.1. The summed E-state index contributed by atoms with van der Waals surface area (Å²) in [5.41, 5.74) is 3.30. The zero-order valence-corrected chi connectivity index (χ0v) is 21.1. The second-order valence-electron chi connectivity index (χ2n) is 8.74. The van der Waals surface area contributed by atoms with E-state index in [1.165, 1.54) is 17.5 Å². The molecule has 0 radical (unpaired) electrons. The summed E-state index contributed by atoms with van der Waals surface area (Å²) in [6.45, 7) is 4.87. The number of hydrogen-bond donors (Lipinski definition) is 0. The summed E-state index contributed by atoms with van der Waals surface area (Å²) < 4.78 is 21.5. The van der Waals surface area contributed by atoms with Crippen molar-refractivity contribution >= 4 is 5.97 Å². The number of unbranched alkanes of at least 4 members (excludes halogenated alkanes) is 3. The highest BCUT2D eigenvalue weighted by Gasteiger charge is 2.25. The number of likely N-dealkylation sites (N-methyl/N-ethyl adjacent to an activating group) is 1. The highest BCUT2D eigenvalue weighted by molar-refractivity contribution is 5.90. The van der Waals surface area contributed by atoms with E-state index in [9.17, 15) is 4.79 Å². The van der Waals surface area contributed by atoms with Gasteiger partial charge in [-0.15, -0.1) is 0 Å². The smallest absolute Gasteiger partial charge is 0.338 e. The molecular weight excluding hydrogens is 430 g/mol. The Morgan fingerprint density at radius 1 is 0.941 bits per heavy atom. The number of nitrogens with zero attached hydrogens (tertiary/aromatic N) is 1. The van der Waals surface area contributed by atoms with Gasteiger partial charge in [0.2, 0.25) is 0 Å². The number of carbonyl (C=O) groups is 1. The summed E-state index contributed by atoms with van der Waals surface area (Å²) in [7, 11) is 4.89. The molecule has 34 heavy (non-hydrogen) atoms. The lowest BCUT2D eigenvalue weighted by Crippen LogP contribution is -2.40. The Kier molecular flexibility index (Phi) is 10.1. The maximum atomic E-state index is 12.3. The SMILES string of the molecule is CCN(CCCCCCOC(=O)c1ccc(OC)c(OC)c1)C1CCc2cccc(OC)c2C1. The first kappa shape index (κ1) is 25.9. The highest BCUT2D eigenvalue weighted by Crippen LogP contribution is 2.31. The van der Waals surface area contributed by atoms with E-state index in [2.05, 4.69) is 30.0 Å². The molecule has 0 saturated heterocycles. The quantitative estimate of drug-likeness (QED) is 0.293. The Bertz CT molecular complexity index is 915. The molecule has 0 saturated carbocycles. The second-order valence-corrected chi connectivity index (χ2v) is 8.74. The molecule has 0 N–H and O–H groups in total. The van der Waals surface area contributed by atoms with Gasteiger partial charge in [0.25, 0.3) is 0 Å². The molecule has 0 aliphatic heterocycles. The van der Waals surface area contributed by atoms with Crippen molar-refractivity contribution in [3.05, 3.63) is 53.1 Å². The summed E-state index contributed by atoms with van der Waals surface area (Å²) in [6.07, 6.45) is 7.62. The minimum Gasteiger partial charge on any atom is -0.496 e. The number of fused-ring (bicyclic) bond motifs is 1. The Morgan fingerprint density at radius 3 is 2.44 bits per heavy atom. The predicted molar refractivity (Wildman–Crippen MR) is 134 cm³/mol. The lowest BCUT2D eigenvalue weighted by atomic mass is 9.86. The van der Waals surface area contributed by atoms with Crippen LogP contribution in [0.1, 0.15) is 60.5 Å². The molecule has 1 aliphatic carbocycles. The summed E-state index contributed by atoms with van der Waals surface area (Å²) in [4.78, 5) is 14.9. The van der Waals surface area contributed by atoms with Gasteiger partial charge < -0.3 is 23.8 Å². The first-order valence-electron chi connectivity index (χ1n) is 12.4. The topological polar surface area (TPSA) is 57.2 Å². The number of hydrogen-bond acceptors (Lipinski definition) is 6. The number of rotatable bonds is 13. The van der Waals surface area contributed by atoms with Gasteiger partial charge in [-0.2, -0.15) is 0 Å². The Morgan fingerprint density at radius 2 is 1.71 bits per heavy atom. The van der Waals surface area contributed by atoms with Gasteiger partial charge in [0.1, 0.15) is 5.75 Å². The second kappa shape index (κ2) is 13.2. The van der Waals surface area contributed by atoms with E-state index < -0.39 is 0 Å². The van der Waals surface area contributed by atoms with E-state index in [0.717, 1.165) is 57.4 Å². The third kappa shape index (κ3) is 6.66. The molecule has 3 rings (SSSR count). The molecule has 6 nitrogen and oxygen atoms in total. The van der Waals surface area contributed by atoms with E-state index in [1.54, 1.807) is 39.5 Å². The van der Waals surface area contributed by atoms with Gasteiger partial charge in [-0.3, -0.25) is 0 Å². The van der Waals surface area contributed by atoms with E-state index in [-0.39, 0.29) is 5.97 Å². The van der Waals surface area contributed by atoms with Crippen LogP contribution in [0.2, 0.25) is 0 Å². The van der Waals surface area contributed by atoms with E-state index in [0.29, 0.717) is 29.7 Å². The van der Waals surface area contributed by atoms with Crippen molar-refractivity contribution in [2.45, 2.75) is 57.9 Å². The van der Waals surface area contributed by atoms with Gasteiger partial charge in [0.15, 0.2) is 11.5 Å². The van der Waals surface area contributed by atoms with Crippen LogP contribution in [0, 0.1) is 0 Å². The lowest BCUT2D eigenvalue weighted by Gasteiger charge is -2.35. The van der Waals surface area contributed by atoms with Crippen LogP contribution >= 0.6 is 0 Å². The number of ether oxygens (including phenoxy) is 4. The molecule has 0 amide bonds. The molecule has 0 spiro atoms. The van der Waals surface area contributed by atoms with Gasteiger partial charge in [-0.25, -0.2) is 4.79 Å². The Hall–Kier alpha value is -2.73. The average molecular weight is 470 g/mol. The molecule has 0 aromatic heterocycles. The van der Waals surface area contributed by atoms with Gasteiger partial charge in [0.05, 0.1) is 33.5 Å². The van der Waals surface area contributed by atoms with Gasteiger partial charge in [0, 0.05) is 6.04 Å². The fourth-order valence-electron chi connectivity index (χ4n) is 4.82. The molecular formula is C28H39NO5. The number of carbonyl (C=O) groups excluding carboxylic acids is 1. The molecule has 1 unspecified atom stereocenters. The summed E-state index contributed by atoms with van der Waals surface area (Å²) in [5.74, 6) is 1.82. The van der Waals surface area contributed by atoms with Gasteiger partial charge in [-0.05, 0) is 80.6 Å². The number of esters is 1. The molecule has 0 bridgehead atoms. The van der Waals surface area contributed by atoms with Crippen molar-refractivity contribution in [1.29, 1.82) is 0 Å². The molecule has 1 atom stereocenters. The van der Waals surface area contributed by atoms with Crippen molar-refractivity contribution in [2.24, 2.45) is 0 Å². The largest absolute Gasteiger partial charge is 0.496 e. The van der Waals surface area contributed by atoms with E-state index >= 15 is 0 Å². The molecule has 2 aromatic carbocycles. The lowest BCUT2D eigenvalue weighted by molar-refractivity contribution is 0.0497. The van der Waals surface area contributed by atoms with Crippen LogP contribution in [0.5, 0.6) is 17.2 Å².